The maximum Gasteiger partial charge on any atom is 0.446 e. The number of aldehydes is 1. The fraction of sp³-hybridized carbons (Fsp3) is 0.402. The van der Waals surface area contributed by atoms with E-state index in [4.69, 9.17) is 44.4 Å². The summed E-state index contributed by atoms with van der Waals surface area (Å²) in [6.45, 7) is 18.6. The Morgan fingerprint density at radius 2 is 0.739 bits per heavy atom. The molecule has 0 aliphatic carbocycles. The number of pyridine rings is 5. The third kappa shape index (κ3) is 35.8. The van der Waals surface area contributed by atoms with Gasteiger partial charge in [0.05, 0.1) is 46.9 Å². The number of benzene rings is 5. The molecule has 0 fully saturated rings. The molecule has 0 saturated heterocycles. The van der Waals surface area contributed by atoms with Gasteiger partial charge in [0.25, 0.3) is 0 Å². The number of ether oxygens (including phenoxy) is 4. The van der Waals surface area contributed by atoms with Gasteiger partial charge in [0.15, 0.2) is 0 Å². The van der Waals surface area contributed by atoms with Crippen molar-refractivity contribution >= 4 is 127 Å². The van der Waals surface area contributed by atoms with Crippen LogP contribution in [0.5, 0.6) is 28.7 Å². The monoisotopic (exact) mass is 1780 g/mol. The number of halogens is 7. The molecule has 0 unspecified atom stereocenters. The standard InChI is InChI=1S/C17H20N2O.C16H18N2O.2C15H20N2O.C14H18N2O.C3H3Br.C2HF3O.C2H6.3CH4.BBr3/c1-5-10-19(3)11-8-14-12-13(2)17(20-4)16-15(14)7-6-9-18-16;1-4-9-18(3)10-7-13-11-12(2)16(19)15-14(13)6-5-8-17-15;2*1-11-10-12(7-9-17(2)3)13-6-5-8-16-14(13)15(11)18-4;1-10-9-11(6-8-15-2)12-5-4-7-16-13(12)14(10)17-3;1-2-3-4;3-2(4,5)1-6;1-2;;;;2-1(3)4/h1,6-7,9,12H,8,10-11H2,2-4H3;1,5-6,8,11,19H,7,9-10H2,2-3H3;2*5-6,8,10H,7,9H2,1-4H3;4-5,7,9,15H,6,8H2,1-3H3;1H,3H2;1H;1-2H3;3*1H4;/i;;;;;;;1D;;;;. The summed E-state index contributed by atoms with van der Waals surface area (Å²) in [6.07, 6.45) is 23.5. The highest BCUT2D eigenvalue weighted by atomic mass is 79.9. The molecule has 111 heavy (non-hydrogen) atoms. The van der Waals surface area contributed by atoms with Crippen molar-refractivity contribution in [2.24, 2.45) is 0 Å². The number of likely N-dealkylation sites (N-methyl/N-ethyl adjacent to an activating group) is 5. The summed E-state index contributed by atoms with van der Waals surface area (Å²) in [5.41, 5.74) is 16.4. The summed E-state index contributed by atoms with van der Waals surface area (Å²) in [5.74, 6) is 11.4. The first kappa shape index (κ1) is 103. The SMILES string of the molecule is BrB(Br)Br.C.C.C.C#CCBr.C#CCN(C)CCc1cc(C)c(O)c2ncccc12.C#CCN(C)CCc1cc(C)c(OC)c2ncccc12.CNCCc1cc(C)c(OC)c2ncccc12.COc1c(C)cc(CCN(C)C)c2cccnc12.COc1c(C)cc(CCN(C)C)c2cccnc12.O=CC(F)(F)F.[2H]CC. The second kappa shape index (κ2) is 57.2. The van der Waals surface area contributed by atoms with E-state index < -0.39 is 12.5 Å². The fourth-order valence-electron chi connectivity index (χ4n) is 11.3. The average Bonchev–Trinajstić information content (AvgIpc) is 0.827. The number of fused-ring (bicyclic) bond motifs is 5. The minimum absolute atomic E-state index is 0. The molecule has 2 N–H and O–H groups in total. The zero-order valence-corrected chi connectivity index (χ0v) is 71.8. The highest BCUT2D eigenvalue weighted by Crippen LogP contribution is 2.35. The molecule has 10 aromatic rings. The van der Waals surface area contributed by atoms with Crippen LogP contribution in [-0.4, -0.2) is 194 Å². The number of rotatable bonds is 21. The molecule has 0 spiro atoms. The van der Waals surface area contributed by atoms with Crippen LogP contribution in [0.3, 0.4) is 0 Å². The van der Waals surface area contributed by atoms with Crippen LogP contribution in [0.25, 0.3) is 54.5 Å². The molecule has 10 rings (SSSR count). The zero-order chi connectivity index (χ0) is 81.8. The minimum Gasteiger partial charge on any atom is -0.505 e. The molecule has 0 radical (unpaired) electrons. The number of hydrogen-bond donors (Lipinski definition) is 2. The molecule has 0 aliphatic rings. The van der Waals surface area contributed by atoms with Gasteiger partial charge in [0.1, 0.15) is 56.3 Å². The van der Waals surface area contributed by atoms with Crippen molar-refractivity contribution in [2.45, 2.75) is 109 Å². The number of aromatic hydroxyl groups is 1. The number of methoxy groups -OCH3 is 4. The second-order valence-electron chi connectivity index (χ2n) is 24.8. The first-order chi connectivity index (χ1) is 52.0. The maximum atomic E-state index is 10.4. The van der Waals surface area contributed by atoms with Gasteiger partial charge in [0, 0.05) is 85.5 Å². The molecule has 604 valence electrons. The Balaban J connectivity index is 0. The van der Waals surface area contributed by atoms with Crippen LogP contribution in [0.15, 0.2) is 122 Å². The van der Waals surface area contributed by atoms with E-state index >= 15 is 0 Å². The predicted molar refractivity (Wildman–Crippen MR) is 481 cm³/mol. The number of carbonyl (C=O) groups excluding carboxylic acids is 1. The van der Waals surface area contributed by atoms with Crippen LogP contribution in [0.2, 0.25) is 0 Å². The number of nitrogens with one attached hydrogen (secondary N) is 1. The molecule has 0 atom stereocenters. The highest BCUT2D eigenvalue weighted by Gasteiger charge is 2.25. The Morgan fingerprint density at radius 3 is 0.964 bits per heavy atom. The number of terminal acetylenes is 3. The molecule has 16 nitrogen and oxygen atoms in total. The smallest absolute Gasteiger partial charge is 0.446 e. The number of nitrogens with zero attached hydrogens (tertiary/aromatic N) is 9. The van der Waals surface area contributed by atoms with Crippen LogP contribution >= 0.6 is 63.2 Å². The Kier molecular flexibility index (Phi) is 53.1. The van der Waals surface area contributed by atoms with Crippen molar-refractivity contribution in [2.75, 3.05) is 129 Å². The third-order valence-electron chi connectivity index (χ3n) is 16.2. The number of aryl methyl sites for hydroxylation is 5. The molecule has 5 heterocycles. The van der Waals surface area contributed by atoms with Crippen LogP contribution in [0, 0.1) is 71.7 Å². The van der Waals surface area contributed by atoms with Crippen LogP contribution in [0.1, 0.15) is 93.1 Å². The second-order valence-corrected chi connectivity index (χ2v) is 31.8. The number of phenolic OH excluding ortho intramolecular Hbond substituents is 1. The van der Waals surface area contributed by atoms with Crippen molar-refractivity contribution in [3.63, 3.8) is 0 Å². The molecular formula is C87H118BBr4F3N10O6. The predicted octanol–water partition coefficient (Wildman–Crippen LogP) is 19.5. The molecule has 0 aliphatic heterocycles. The van der Waals surface area contributed by atoms with E-state index in [0.29, 0.717) is 30.8 Å². The summed E-state index contributed by atoms with van der Waals surface area (Å²) in [4.78, 5) is 39.4. The lowest BCUT2D eigenvalue weighted by atomic mass is 10.0. The third-order valence-corrected chi connectivity index (χ3v) is 16.5. The van der Waals surface area contributed by atoms with Gasteiger partial charge in [0.2, 0.25) is 6.29 Å². The average molecular weight is 1790 g/mol. The number of alkyl halides is 4. The molecular weight excluding hydrogens is 1670 g/mol. The highest BCUT2D eigenvalue weighted by molar-refractivity contribution is 9.69. The summed E-state index contributed by atoms with van der Waals surface area (Å²) in [7, 11) is 21.2. The first-order valence-electron chi connectivity index (χ1n) is 35.3. The quantitative estimate of drug-likeness (QED) is 0.0302. The Labute approximate surface area is 696 Å². The van der Waals surface area contributed by atoms with Crippen molar-refractivity contribution in [1.82, 2.24) is 49.8 Å². The molecule has 0 saturated carbocycles. The number of carbonyl (C=O) groups is 1. The Morgan fingerprint density at radius 1 is 0.505 bits per heavy atom. The van der Waals surface area contributed by atoms with Gasteiger partial charge in [-0.1, -0.05) is 130 Å². The van der Waals surface area contributed by atoms with E-state index in [2.05, 4.69) is 235 Å². The fourth-order valence-corrected chi connectivity index (χ4v) is 11.3. The summed E-state index contributed by atoms with van der Waals surface area (Å²) in [6, 6.07) is 31.1. The maximum absolute atomic E-state index is 10.4. The lowest BCUT2D eigenvalue weighted by molar-refractivity contribution is -0.156. The van der Waals surface area contributed by atoms with E-state index in [1.165, 1.54) is 44.0 Å². The first-order valence-corrected chi connectivity index (χ1v) is 38.5. The zero-order valence-electron chi connectivity index (χ0n) is 66.5. The van der Waals surface area contributed by atoms with Crippen molar-refractivity contribution in [3.05, 3.63) is 178 Å². The van der Waals surface area contributed by atoms with Gasteiger partial charge < -0.3 is 39.2 Å². The number of aromatic nitrogens is 5. The molecule has 0 bridgehead atoms. The van der Waals surface area contributed by atoms with Crippen molar-refractivity contribution < 1.29 is 43.4 Å². The Hall–Kier alpha value is -7.93. The van der Waals surface area contributed by atoms with Crippen molar-refractivity contribution in [1.29, 1.82) is 0 Å². The van der Waals surface area contributed by atoms with Gasteiger partial charge in [-0.2, -0.15) is 13.2 Å². The normalized spacial score (nSPS) is 10.3. The molecule has 24 heteroatoms. The van der Waals surface area contributed by atoms with Crippen molar-refractivity contribution in [3.8, 4) is 65.8 Å². The Bertz CT molecular complexity index is 4440. The minimum atomic E-state index is -4.64. The van der Waals surface area contributed by atoms with Crippen LogP contribution < -0.4 is 24.3 Å². The van der Waals surface area contributed by atoms with Gasteiger partial charge in [-0.15, -0.1) is 66.5 Å². The number of phenols is 1. The van der Waals surface area contributed by atoms with E-state index in [1.54, 1.807) is 47.8 Å². The van der Waals surface area contributed by atoms with E-state index in [-0.39, 0.29) is 31.2 Å². The molecule has 0 amide bonds. The van der Waals surface area contributed by atoms with Crippen LogP contribution in [0.4, 0.5) is 13.2 Å². The van der Waals surface area contributed by atoms with E-state index in [9.17, 15) is 18.3 Å². The topological polar surface area (TPSA) is 164 Å². The van der Waals surface area contributed by atoms with Gasteiger partial charge in [-0.05, 0) is 209 Å². The molecule has 5 aromatic carbocycles. The van der Waals surface area contributed by atoms with Crippen LogP contribution in [-0.2, 0) is 36.9 Å². The summed E-state index contributed by atoms with van der Waals surface area (Å²) < 4.78 is 59.6. The van der Waals surface area contributed by atoms with Gasteiger partial charge >= 0.3 is 9.36 Å². The lowest BCUT2D eigenvalue weighted by Gasteiger charge is -2.16. The van der Waals surface area contributed by atoms with E-state index in [0.717, 1.165) is 148 Å². The molecule has 5 aromatic heterocycles. The summed E-state index contributed by atoms with van der Waals surface area (Å²) >= 11 is 12.3. The van der Waals surface area contributed by atoms with E-state index in [1.807, 2.05) is 89.1 Å². The van der Waals surface area contributed by atoms with Gasteiger partial charge in [-0.3, -0.25) is 39.5 Å². The summed E-state index contributed by atoms with van der Waals surface area (Å²) in [5, 5.41) is 19.6. The number of hydrogen-bond acceptors (Lipinski definition) is 16. The van der Waals surface area contributed by atoms with Gasteiger partial charge in [-0.25, -0.2) is 0 Å². The largest absolute Gasteiger partial charge is 0.505 e. The lowest BCUT2D eigenvalue weighted by Crippen LogP contribution is -2.21.